The quantitative estimate of drug-likeness (QED) is 0.345. The van der Waals surface area contributed by atoms with Crippen LogP contribution < -0.4 is 37.2 Å². The van der Waals surface area contributed by atoms with E-state index in [9.17, 15) is 0 Å². The number of benzene rings is 2. The molecule has 0 atom stereocenters. The van der Waals surface area contributed by atoms with Crippen molar-refractivity contribution in [2.45, 2.75) is 53.4 Å². The van der Waals surface area contributed by atoms with Crippen molar-refractivity contribution in [2.75, 3.05) is 0 Å². The van der Waals surface area contributed by atoms with Crippen molar-refractivity contribution in [2.24, 2.45) is 10.8 Å². The Morgan fingerprint density at radius 2 is 1.07 bits per heavy atom. The zero-order valence-corrected chi connectivity index (χ0v) is 22.5. The molecule has 0 aromatic heterocycles. The van der Waals surface area contributed by atoms with Crippen LogP contribution in [0.25, 0.3) is 0 Å². The average Bonchev–Trinajstić information content (AvgIpc) is 3.06. The molecule has 0 aliphatic heterocycles. The van der Waals surface area contributed by atoms with Gasteiger partial charge in [-0.15, -0.1) is 0 Å². The molecule has 0 saturated carbocycles. The number of hydrogen-bond donors (Lipinski definition) is 0. The van der Waals surface area contributed by atoms with Crippen molar-refractivity contribution in [3.63, 3.8) is 0 Å². The van der Waals surface area contributed by atoms with Gasteiger partial charge in [0.1, 0.15) is 0 Å². The van der Waals surface area contributed by atoms with Gasteiger partial charge in [0.05, 0.1) is 0 Å². The summed E-state index contributed by atoms with van der Waals surface area (Å²) in [6.45, 7) is 14.0. The zero-order chi connectivity index (χ0) is 19.0. The van der Waals surface area contributed by atoms with E-state index >= 15 is 0 Å². The van der Waals surface area contributed by atoms with Gasteiger partial charge in [0.25, 0.3) is 0 Å². The SMILES string of the molecule is CC(C)(C)C1=C(C(c2ccccc2)(c2ccccc2)C(C)(C)C)CC=[C-]1.[Cl-].[Cl-].[Cl-].[Ti+4]. The molecule has 0 bridgehead atoms. The first kappa shape index (κ1) is 31.7. The third kappa shape index (κ3) is 5.64. The van der Waals surface area contributed by atoms with Crippen molar-refractivity contribution in [3.05, 3.63) is 95.1 Å². The minimum Gasteiger partial charge on any atom is -1.00 e. The molecule has 0 N–H and O–H groups in total. The molecule has 0 heterocycles. The van der Waals surface area contributed by atoms with Gasteiger partial charge in [0, 0.05) is 0 Å². The van der Waals surface area contributed by atoms with Crippen LogP contribution in [0.3, 0.4) is 0 Å². The van der Waals surface area contributed by atoms with Crippen LogP contribution in [-0.4, -0.2) is 0 Å². The summed E-state index contributed by atoms with van der Waals surface area (Å²) in [6.07, 6.45) is 6.81. The van der Waals surface area contributed by atoms with Gasteiger partial charge in [-0.2, -0.15) is 11.6 Å². The fourth-order valence-electron chi connectivity index (χ4n) is 4.66. The van der Waals surface area contributed by atoms with E-state index in [1.54, 1.807) is 0 Å². The van der Waals surface area contributed by atoms with E-state index in [1.807, 2.05) is 0 Å². The minimum absolute atomic E-state index is 0. The van der Waals surface area contributed by atoms with Crippen molar-refractivity contribution in [3.8, 4) is 0 Å². The Labute approximate surface area is 217 Å². The second-order valence-corrected chi connectivity index (χ2v) is 9.39. The topological polar surface area (TPSA) is 0 Å². The van der Waals surface area contributed by atoms with Crippen LogP contribution in [0.1, 0.15) is 59.1 Å². The summed E-state index contributed by atoms with van der Waals surface area (Å²) in [5, 5.41) is 0. The first-order valence-electron chi connectivity index (χ1n) is 9.62. The number of allylic oxidation sites excluding steroid dienone is 4. The van der Waals surface area contributed by atoms with Crippen molar-refractivity contribution >= 4 is 0 Å². The summed E-state index contributed by atoms with van der Waals surface area (Å²) in [4.78, 5) is 0. The van der Waals surface area contributed by atoms with Gasteiger partial charge in [-0.1, -0.05) is 109 Å². The van der Waals surface area contributed by atoms with Crippen LogP contribution in [-0.2, 0) is 27.1 Å². The molecular weight excluding hydrogens is 467 g/mol. The van der Waals surface area contributed by atoms with E-state index in [1.165, 1.54) is 22.3 Å². The van der Waals surface area contributed by atoms with Crippen molar-refractivity contribution in [1.29, 1.82) is 0 Å². The smallest absolute Gasteiger partial charge is 1.00 e. The Balaban J connectivity index is 0. The summed E-state index contributed by atoms with van der Waals surface area (Å²) >= 11 is 0. The number of hydrogen-bond acceptors (Lipinski definition) is 0. The maximum absolute atomic E-state index is 3.62. The molecule has 160 valence electrons. The second kappa shape index (κ2) is 11.9. The monoisotopic (exact) mass is 496 g/mol. The van der Waals surface area contributed by atoms with Gasteiger partial charge >= 0.3 is 21.7 Å². The van der Waals surface area contributed by atoms with E-state index in [0.717, 1.165) is 6.42 Å². The fraction of sp³-hybridized carbons (Fsp3) is 0.385. The van der Waals surface area contributed by atoms with Crippen LogP contribution in [0.2, 0.25) is 0 Å². The molecule has 0 unspecified atom stereocenters. The van der Waals surface area contributed by atoms with Crippen LogP contribution in [0.15, 0.2) is 77.9 Å². The Morgan fingerprint density at radius 3 is 1.40 bits per heavy atom. The molecule has 30 heavy (non-hydrogen) atoms. The molecule has 1 aliphatic carbocycles. The van der Waals surface area contributed by atoms with Crippen LogP contribution in [0.4, 0.5) is 0 Å². The summed E-state index contributed by atoms with van der Waals surface area (Å²) in [5.74, 6) is 0. The van der Waals surface area contributed by atoms with Gasteiger partial charge in [-0.05, 0) is 27.4 Å². The maximum atomic E-state index is 3.62. The van der Waals surface area contributed by atoms with Gasteiger partial charge in [-0.3, -0.25) is 6.08 Å². The first-order valence-corrected chi connectivity index (χ1v) is 9.62. The largest absolute Gasteiger partial charge is 4.00 e. The first-order chi connectivity index (χ1) is 12.2. The van der Waals surface area contributed by atoms with E-state index in [-0.39, 0.29) is 75.2 Å². The molecule has 0 saturated heterocycles. The molecule has 0 spiro atoms. The Kier molecular flexibility index (Phi) is 12.6. The van der Waals surface area contributed by atoms with E-state index in [0.29, 0.717) is 0 Å². The molecule has 0 amide bonds. The molecule has 2 aromatic carbocycles. The number of halogens is 3. The molecule has 4 heteroatoms. The van der Waals surface area contributed by atoms with Crippen molar-refractivity contribution in [1.82, 2.24) is 0 Å². The van der Waals surface area contributed by atoms with Crippen molar-refractivity contribution < 1.29 is 58.9 Å². The molecule has 0 nitrogen and oxygen atoms in total. The van der Waals surface area contributed by atoms with Gasteiger partial charge in [0.2, 0.25) is 0 Å². The normalized spacial score (nSPS) is 13.5. The van der Waals surface area contributed by atoms with Gasteiger partial charge in [0.15, 0.2) is 0 Å². The van der Waals surface area contributed by atoms with Gasteiger partial charge < -0.3 is 37.2 Å². The molecule has 3 rings (SSSR count). The summed E-state index contributed by atoms with van der Waals surface area (Å²) < 4.78 is 0. The third-order valence-electron chi connectivity index (χ3n) is 5.60. The van der Waals surface area contributed by atoms with Crippen LogP contribution in [0, 0.1) is 16.9 Å². The van der Waals surface area contributed by atoms with Crippen LogP contribution in [0.5, 0.6) is 0 Å². The summed E-state index contributed by atoms with van der Waals surface area (Å²) in [7, 11) is 0. The Morgan fingerprint density at radius 1 is 0.667 bits per heavy atom. The molecule has 0 radical (unpaired) electrons. The van der Waals surface area contributed by atoms with Gasteiger partial charge in [-0.25, -0.2) is 5.57 Å². The van der Waals surface area contributed by atoms with E-state index < -0.39 is 0 Å². The third-order valence-corrected chi connectivity index (χ3v) is 5.60. The maximum Gasteiger partial charge on any atom is 4.00 e. The Hall–Kier alpha value is -0.496. The predicted molar refractivity (Wildman–Crippen MR) is 112 cm³/mol. The van der Waals surface area contributed by atoms with Crippen LogP contribution >= 0.6 is 0 Å². The number of rotatable bonds is 3. The molecule has 2 aromatic rings. The fourth-order valence-corrected chi connectivity index (χ4v) is 4.66. The minimum atomic E-state index is -0.182. The molecular formula is C26H31Cl3Ti. The Bertz CT molecular complexity index is 787. The second-order valence-electron chi connectivity index (χ2n) is 9.39. The molecule has 1 aliphatic rings. The summed E-state index contributed by atoms with van der Waals surface area (Å²) in [5.41, 5.74) is 5.50. The summed E-state index contributed by atoms with van der Waals surface area (Å²) in [6, 6.07) is 22.1. The average molecular weight is 498 g/mol. The molecule has 0 fully saturated rings. The van der Waals surface area contributed by atoms with E-state index in [4.69, 9.17) is 0 Å². The van der Waals surface area contributed by atoms with E-state index in [2.05, 4.69) is 114 Å². The standard InChI is InChI=1S/C26H31.3ClH.Ti/c1-24(2,3)22-18-13-19-23(22)26(25(4,5)6,20-14-9-7-10-15-20)21-16-11-8-12-17-21;;;;/h7-17H,19H2,1-6H3;3*1H;/q-1;;;;+4/p-3. The zero-order valence-electron chi connectivity index (χ0n) is 18.7. The predicted octanol–water partition coefficient (Wildman–Crippen LogP) is -1.87.